The molecule has 0 saturated heterocycles. The number of hydrogen-bond acceptors (Lipinski definition) is 3. The van der Waals surface area contributed by atoms with Crippen molar-refractivity contribution in [3.05, 3.63) is 10.1 Å². The van der Waals surface area contributed by atoms with Crippen LogP contribution in [0.15, 0.2) is 0 Å². The number of rotatable bonds is 3. The zero-order valence-corrected chi connectivity index (χ0v) is 10.4. The van der Waals surface area contributed by atoms with E-state index in [0.29, 0.717) is 6.42 Å². The summed E-state index contributed by atoms with van der Waals surface area (Å²) in [6.45, 7) is 13.5. The first-order chi connectivity index (χ1) is 6.12. The van der Waals surface area contributed by atoms with E-state index < -0.39 is 10.7 Å². The Labute approximate surface area is 86.8 Å². The van der Waals surface area contributed by atoms with Gasteiger partial charge in [-0.15, -0.1) is 10.1 Å². The molecule has 4 nitrogen and oxygen atoms in total. The standard InChI is InChI=1S/C8H17NO3.C2H6/c1-7(2,3)6-8(4,5)12-9(10)11;1-2/h6H2,1-5H3;1-2H3. The van der Waals surface area contributed by atoms with Crippen LogP contribution in [-0.4, -0.2) is 10.7 Å². The lowest BCUT2D eigenvalue weighted by atomic mass is 9.84. The van der Waals surface area contributed by atoms with Crippen LogP contribution >= 0.6 is 0 Å². The highest BCUT2D eigenvalue weighted by molar-refractivity contribution is 4.75. The van der Waals surface area contributed by atoms with E-state index in [1.54, 1.807) is 13.8 Å². The van der Waals surface area contributed by atoms with Gasteiger partial charge in [0.2, 0.25) is 0 Å². The van der Waals surface area contributed by atoms with Crippen LogP contribution in [0.5, 0.6) is 0 Å². The van der Waals surface area contributed by atoms with Crippen molar-refractivity contribution in [2.45, 2.75) is 60.5 Å². The summed E-state index contributed by atoms with van der Waals surface area (Å²) in [5, 5.41) is 9.35. The van der Waals surface area contributed by atoms with Crippen LogP contribution in [0, 0.1) is 15.5 Å². The molecule has 0 aromatic heterocycles. The summed E-state index contributed by atoms with van der Waals surface area (Å²) in [4.78, 5) is 14.6. The molecule has 0 heterocycles. The van der Waals surface area contributed by atoms with Gasteiger partial charge < -0.3 is 4.84 Å². The molecule has 86 valence electrons. The second-order valence-electron chi connectivity index (χ2n) is 4.81. The molecule has 0 bridgehead atoms. The summed E-state index contributed by atoms with van der Waals surface area (Å²) in [6.07, 6.45) is 0.654. The zero-order chi connectivity index (χ0) is 12.0. The number of hydrogen-bond donors (Lipinski definition) is 0. The molecule has 0 unspecified atom stereocenters. The van der Waals surface area contributed by atoms with Gasteiger partial charge in [0.15, 0.2) is 0 Å². The van der Waals surface area contributed by atoms with Crippen molar-refractivity contribution in [1.29, 1.82) is 0 Å². The third kappa shape index (κ3) is 11.2. The largest absolute Gasteiger partial charge is 0.308 e. The molecule has 0 amide bonds. The predicted molar refractivity (Wildman–Crippen MR) is 57.6 cm³/mol. The fourth-order valence-corrected chi connectivity index (χ4v) is 1.51. The average Bonchev–Trinajstić information content (AvgIpc) is 1.82. The minimum absolute atomic E-state index is 0.0412. The summed E-state index contributed by atoms with van der Waals surface area (Å²) in [6, 6.07) is 0. The average molecular weight is 205 g/mol. The zero-order valence-electron chi connectivity index (χ0n) is 10.4. The van der Waals surface area contributed by atoms with E-state index in [9.17, 15) is 10.1 Å². The molecule has 4 heteroatoms. The third-order valence-electron chi connectivity index (χ3n) is 1.28. The second kappa shape index (κ2) is 5.83. The lowest BCUT2D eigenvalue weighted by molar-refractivity contribution is -0.779. The molecule has 14 heavy (non-hydrogen) atoms. The molecule has 0 N–H and O–H groups in total. The molecular formula is C10H23NO3. The monoisotopic (exact) mass is 205 g/mol. The van der Waals surface area contributed by atoms with Crippen LogP contribution in [0.3, 0.4) is 0 Å². The van der Waals surface area contributed by atoms with Crippen molar-refractivity contribution < 1.29 is 9.92 Å². The van der Waals surface area contributed by atoms with Crippen LogP contribution in [0.4, 0.5) is 0 Å². The maximum absolute atomic E-state index is 10.1. The molecule has 0 aliphatic heterocycles. The van der Waals surface area contributed by atoms with Gasteiger partial charge in [0.05, 0.1) is 0 Å². The third-order valence-corrected chi connectivity index (χ3v) is 1.28. The molecule has 0 rings (SSSR count). The van der Waals surface area contributed by atoms with Gasteiger partial charge in [-0.05, 0) is 25.7 Å². The first kappa shape index (κ1) is 15.7. The first-order valence-electron chi connectivity index (χ1n) is 4.96. The van der Waals surface area contributed by atoms with E-state index in [-0.39, 0.29) is 5.41 Å². The quantitative estimate of drug-likeness (QED) is 0.524. The maximum atomic E-state index is 10.1. The van der Waals surface area contributed by atoms with Crippen molar-refractivity contribution in [2.75, 3.05) is 0 Å². The van der Waals surface area contributed by atoms with Crippen molar-refractivity contribution in [3.8, 4) is 0 Å². The van der Waals surface area contributed by atoms with E-state index in [2.05, 4.69) is 4.84 Å². The molecule has 0 saturated carbocycles. The van der Waals surface area contributed by atoms with Crippen LogP contribution in [0.25, 0.3) is 0 Å². The Morgan fingerprint density at radius 2 is 1.50 bits per heavy atom. The van der Waals surface area contributed by atoms with Crippen molar-refractivity contribution >= 4 is 0 Å². The molecule has 0 aliphatic rings. The van der Waals surface area contributed by atoms with E-state index in [4.69, 9.17) is 0 Å². The Hall–Kier alpha value is -0.800. The van der Waals surface area contributed by atoms with Crippen LogP contribution in [0.2, 0.25) is 0 Å². The van der Waals surface area contributed by atoms with Crippen LogP contribution < -0.4 is 0 Å². The molecule has 0 aromatic carbocycles. The summed E-state index contributed by atoms with van der Waals surface area (Å²) in [7, 11) is 0. The van der Waals surface area contributed by atoms with Gasteiger partial charge in [-0.25, -0.2) is 0 Å². The lowest BCUT2D eigenvalue weighted by Gasteiger charge is -2.29. The fourth-order valence-electron chi connectivity index (χ4n) is 1.51. The summed E-state index contributed by atoms with van der Waals surface area (Å²) in [5.41, 5.74) is -0.652. The Morgan fingerprint density at radius 1 is 1.14 bits per heavy atom. The molecule has 0 radical (unpaired) electrons. The molecule has 0 aromatic rings. The second-order valence-corrected chi connectivity index (χ2v) is 4.81. The Kier molecular flexibility index (Phi) is 6.52. The summed E-state index contributed by atoms with van der Waals surface area (Å²) in [5.74, 6) is 0. The highest BCUT2D eigenvalue weighted by Crippen LogP contribution is 2.29. The smallest absolute Gasteiger partial charge is 0.295 e. The first-order valence-corrected chi connectivity index (χ1v) is 4.96. The normalized spacial score (nSPS) is 11.4. The summed E-state index contributed by atoms with van der Waals surface area (Å²) >= 11 is 0. The minimum Gasteiger partial charge on any atom is -0.308 e. The SMILES string of the molecule is CC.CC(C)(C)CC(C)(C)O[N+](=O)[O-]. The van der Waals surface area contributed by atoms with E-state index in [0.717, 1.165) is 0 Å². The minimum atomic E-state index is -0.730. The Balaban J connectivity index is 0. The summed E-state index contributed by atoms with van der Waals surface area (Å²) < 4.78 is 0. The van der Waals surface area contributed by atoms with Crippen molar-refractivity contribution in [2.24, 2.45) is 5.41 Å². The molecule has 0 aliphatic carbocycles. The number of nitrogens with zero attached hydrogens (tertiary/aromatic N) is 1. The van der Waals surface area contributed by atoms with Crippen LogP contribution in [-0.2, 0) is 4.84 Å². The molecular weight excluding hydrogens is 182 g/mol. The Bertz CT molecular complexity index is 171. The van der Waals surface area contributed by atoms with Gasteiger partial charge in [0.1, 0.15) is 5.60 Å². The topological polar surface area (TPSA) is 52.4 Å². The van der Waals surface area contributed by atoms with E-state index >= 15 is 0 Å². The van der Waals surface area contributed by atoms with Crippen LogP contribution in [0.1, 0.15) is 54.9 Å². The molecule has 0 spiro atoms. The molecule has 0 atom stereocenters. The van der Waals surface area contributed by atoms with Gasteiger partial charge in [-0.2, -0.15) is 0 Å². The van der Waals surface area contributed by atoms with E-state index in [1.165, 1.54) is 0 Å². The predicted octanol–water partition coefficient (Wildman–Crippen LogP) is 3.44. The van der Waals surface area contributed by atoms with Gasteiger partial charge in [-0.3, -0.25) is 0 Å². The van der Waals surface area contributed by atoms with E-state index in [1.807, 2.05) is 34.6 Å². The van der Waals surface area contributed by atoms with Crippen molar-refractivity contribution in [3.63, 3.8) is 0 Å². The van der Waals surface area contributed by atoms with Gasteiger partial charge in [0, 0.05) is 0 Å². The van der Waals surface area contributed by atoms with Gasteiger partial charge in [0.25, 0.3) is 5.09 Å². The Morgan fingerprint density at radius 3 is 1.71 bits per heavy atom. The fraction of sp³-hybridized carbons (Fsp3) is 1.00. The highest BCUT2D eigenvalue weighted by atomic mass is 17.0. The van der Waals surface area contributed by atoms with Gasteiger partial charge >= 0.3 is 0 Å². The van der Waals surface area contributed by atoms with Gasteiger partial charge in [-0.1, -0.05) is 34.6 Å². The lowest BCUT2D eigenvalue weighted by Crippen LogP contribution is -2.32. The maximum Gasteiger partial charge on any atom is 0.295 e. The highest BCUT2D eigenvalue weighted by Gasteiger charge is 2.28. The van der Waals surface area contributed by atoms with Crippen molar-refractivity contribution in [1.82, 2.24) is 0 Å². The molecule has 0 fully saturated rings.